The molecule has 0 unspecified atom stereocenters. The summed E-state index contributed by atoms with van der Waals surface area (Å²) in [7, 11) is 1.36. The van der Waals surface area contributed by atoms with E-state index in [4.69, 9.17) is 4.74 Å². The van der Waals surface area contributed by atoms with Gasteiger partial charge in [-0.1, -0.05) is 17.8 Å². The van der Waals surface area contributed by atoms with E-state index in [1.807, 2.05) is 16.9 Å². The Morgan fingerprint density at radius 3 is 2.94 bits per heavy atom. The monoisotopic (exact) mass is 474 g/mol. The van der Waals surface area contributed by atoms with Crippen molar-refractivity contribution in [2.24, 2.45) is 0 Å². The first-order valence-corrected chi connectivity index (χ1v) is 12.4. The number of rotatable bonds is 8. The third kappa shape index (κ3) is 4.46. The van der Waals surface area contributed by atoms with Crippen molar-refractivity contribution in [3.63, 3.8) is 0 Å². The number of nitrogens with zero attached hydrogens (tertiary/aromatic N) is 3. The number of esters is 1. The predicted octanol–water partition coefficient (Wildman–Crippen LogP) is 4.57. The number of amides is 1. The number of nitrogens with one attached hydrogen (secondary N) is 1. The van der Waals surface area contributed by atoms with Crippen LogP contribution in [0.25, 0.3) is 11.4 Å². The van der Waals surface area contributed by atoms with E-state index >= 15 is 0 Å². The number of thiophene rings is 2. The van der Waals surface area contributed by atoms with Crippen LogP contribution >= 0.6 is 34.4 Å². The lowest BCUT2D eigenvalue weighted by molar-refractivity contribution is -0.113. The van der Waals surface area contributed by atoms with Gasteiger partial charge in [0.1, 0.15) is 5.00 Å². The number of hydrogen-bond donors (Lipinski definition) is 1. The minimum Gasteiger partial charge on any atom is -0.465 e. The molecule has 0 saturated heterocycles. The molecule has 0 aliphatic heterocycles. The van der Waals surface area contributed by atoms with Crippen molar-refractivity contribution in [3.8, 4) is 11.4 Å². The third-order valence-corrected chi connectivity index (χ3v) is 7.95. The molecular formula is C21H22N4O3S3. The number of hydrogen-bond acceptors (Lipinski definition) is 8. The van der Waals surface area contributed by atoms with E-state index in [0.717, 1.165) is 41.1 Å². The van der Waals surface area contributed by atoms with E-state index in [0.29, 0.717) is 22.3 Å². The maximum Gasteiger partial charge on any atom is 0.341 e. The number of thioether (sulfide) groups is 1. The van der Waals surface area contributed by atoms with Gasteiger partial charge in [0.25, 0.3) is 0 Å². The van der Waals surface area contributed by atoms with Crippen LogP contribution in [0.1, 0.15) is 32.1 Å². The first-order valence-electron chi connectivity index (χ1n) is 9.77. The molecule has 0 aromatic carbocycles. The van der Waals surface area contributed by atoms with Crippen LogP contribution in [0.3, 0.4) is 0 Å². The van der Waals surface area contributed by atoms with Gasteiger partial charge >= 0.3 is 5.97 Å². The summed E-state index contributed by atoms with van der Waals surface area (Å²) in [4.78, 5) is 27.3. The number of carbonyl (C=O) groups is 2. The Balaban J connectivity index is 1.48. The van der Waals surface area contributed by atoms with E-state index in [1.165, 1.54) is 35.1 Å². The average molecular weight is 475 g/mol. The summed E-state index contributed by atoms with van der Waals surface area (Å²) in [6.45, 7) is 6.42. The molecule has 1 aliphatic rings. The van der Waals surface area contributed by atoms with Crippen LogP contribution in [-0.4, -0.2) is 39.5 Å². The van der Waals surface area contributed by atoms with Crippen molar-refractivity contribution in [2.75, 3.05) is 18.2 Å². The van der Waals surface area contributed by atoms with Crippen LogP contribution in [0, 0.1) is 6.92 Å². The number of methoxy groups -OCH3 is 1. The molecule has 0 saturated carbocycles. The highest BCUT2D eigenvalue weighted by Crippen LogP contribution is 2.39. The van der Waals surface area contributed by atoms with Crippen molar-refractivity contribution < 1.29 is 14.3 Å². The van der Waals surface area contributed by atoms with Crippen molar-refractivity contribution in [1.29, 1.82) is 0 Å². The number of ether oxygens (including phenoxy) is 1. The van der Waals surface area contributed by atoms with Gasteiger partial charge in [-0.05, 0) is 37.8 Å². The molecule has 1 N–H and O–H groups in total. The van der Waals surface area contributed by atoms with Gasteiger partial charge in [-0.2, -0.15) is 0 Å². The van der Waals surface area contributed by atoms with Crippen LogP contribution in [-0.2, 0) is 28.9 Å². The summed E-state index contributed by atoms with van der Waals surface area (Å²) < 4.78 is 6.89. The smallest absolute Gasteiger partial charge is 0.341 e. The molecule has 0 radical (unpaired) electrons. The van der Waals surface area contributed by atoms with Crippen LogP contribution in [0.4, 0.5) is 5.00 Å². The van der Waals surface area contributed by atoms with Gasteiger partial charge < -0.3 is 10.1 Å². The van der Waals surface area contributed by atoms with E-state index < -0.39 is 5.97 Å². The number of aromatic nitrogens is 3. The Kier molecular flexibility index (Phi) is 6.59. The Morgan fingerprint density at radius 1 is 1.39 bits per heavy atom. The lowest BCUT2D eigenvalue weighted by atomic mass is 10.1. The molecule has 31 heavy (non-hydrogen) atoms. The van der Waals surface area contributed by atoms with Crippen molar-refractivity contribution in [1.82, 2.24) is 14.8 Å². The normalized spacial score (nSPS) is 12.6. The summed E-state index contributed by atoms with van der Waals surface area (Å²) in [5.74, 6) is 0.316. The first kappa shape index (κ1) is 21.8. The number of allylic oxidation sites excluding steroid dienone is 1. The molecule has 3 aromatic rings. The molecule has 1 amide bonds. The van der Waals surface area contributed by atoms with E-state index in [9.17, 15) is 9.59 Å². The molecule has 1 aliphatic carbocycles. The molecule has 3 heterocycles. The zero-order chi connectivity index (χ0) is 22.0. The minimum atomic E-state index is -0.399. The fourth-order valence-electron chi connectivity index (χ4n) is 3.57. The molecule has 3 aromatic heterocycles. The zero-order valence-electron chi connectivity index (χ0n) is 17.3. The quantitative estimate of drug-likeness (QED) is 0.292. The van der Waals surface area contributed by atoms with Crippen molar-refractivity contribution in [3.05, 3.63) is 45.0 Å². The number of anilines is 1. The second kappa shape index (κ2) is 9.37. The SMILES string of the molecule is C=CCn1c(SCC(=O)Nc2sc3c(c2C(=O)OC)CCC3)nnc1-c1csc(C)c1. The molecule has 4 rings (SSSR count). The highest BCUT2D eigenvalue weighted by Gasteiger charge is 2.28. The molecule has 0 fully saturated rings. The maximum atomic E-state index is 12.7. The molecule has 162 valence electrons. The van der Waals surface area contributed by atoms with Crippen LogP contribution < -0.4 is 5.32 Å². The van der Waals surface area contributed by atoms with Crippen molar-refractivity contribution >= 4 is 51.3 Å². The molecule has 0 atom stereocenters. The fourth-order valence-corrected chi connectivity index (χ4v) is 6.29. The Hall–Kier alpha value is -2.43. The molecular weight excluding hydrogens is 452 g/mol. The van der Waals surface area contributed by atoms with E-state index in [2.05, 4.69) is 28.2 Å². The largest absolute Gasteiger partial charge is 0.465 e. The van der Waals surface area contributed by atoms with Gasteiger partial charge in [-0.25, -0.2) is 4.79 Å². The van der Waals surface area contributed by atoms with Gasteiger partial charge in [0.2, 0.25) is 5.91 Å². The molecule has 7 nitrogen and oxygen atoms in total. The number of aryl methyl sites for hydroxylation is 2. The second-order valence-corrected chi connectivity index (χ2v) is 10.2. The molecule has 0 bridgehead atoms. The number of fused-ring (bicyclic) bond motifs is 1. The summed E-state index contributed by atoms with van der Waals surface area (Å²) >= 11 is 4.43. The minimum absolute atomic E-state index is 0.154. The summed E-state index contributed by atoms with van der Waals surface area (Å²) in [5.41, 5.74) is 2.52. The van der Waals surface area contributed by atoms with Gasteiger partial charge in [0.15, 0.2) is 11.0 Å². The van der Waals surface area contributed by atoms with Crippen LogP contribution in [0.2, 0.25) is 0 Å². The third-order valence-electron chi connectivity index (χ3n) is 4.91. The van der Waals surface area contributed by atoms with Crippen molar-refractivity contribution in [2.45, 2.75) is 37.9 Å². The summed E-state index contributed by atoms with van der Waals surface area (Å²) in [6, 6.07) is 2.07. The van der Waals surface area contributed by atoms with Gasteiger partial charge in [-0.15, -0.1) is 39.4 Å². The molecule has 10 heteroatoms. The second-order valence-electron chi connectivity index (χ2n) is 7.04. The highest BCUT2D eigenvalue weighted by atomic mass is 32.2. The Bertz CT molecular complexity index is 1150. The Labute approximate surface area is 192 Å². The van der Waals surface area contributed by atoms with E-state index in [-0.39, 0.29) is 11.7 Å². The maximum absolute atomic E-state index is 12.7. The zero-order valence-corrected chi connectivity index (χ0v) is 19.7. The van der Waals surface area contributed by atoms with Gasteiger partial charge in [0, 0.05) is 27.2 Å². The number of carbonyl (C=O) groups excluding carboxylic acids is 2. The highest BCUT2D eigenvalue weighted by molar-refractivity contribution is 7.99. The lowest BCUT2D eigenvalue weighted by Gasteiger charge is -2.08. The van der Waals surface area contributed by atoms with Gasteiger partial charge in [0.05, 0.1) is 18.4 Å². The predicted molar refractivity (Wildman–Crippen MR) is 125 cm³/mol. The Morgan fingerprint density at radius 2 is 2.23 bits per heavy atom. The molecule has 0 spiro atoms. The van der Waals surface area contributed by atoms with Crippen LogP contribution in [0.15, 0.2) is 29.3 Å². The van der Waals surface area contributed by atoms with Crippen LogP contribution in [0.5, 0.6) is 0 Å². The van der Waals surface area contributed by atoms with E-state index in [1.54, 1.807) is 17.4 Å². The summed E-state index contributed by atoms with van der Waals surface area (Å²) in [5, 5.41) is 14.8. The lowest BCUT2D eigenvalue weighted by Crippen LogP contribution is -2.16. The standard InChI is InChI=1S/C21H22N4O3S3/c1-4-8-25-18(13-9-12(2)29-10-13)23-24-21(25)30-11-16(26)22-19-17(20(27)28-3)14-6-5-7-15(14)31-19/h4,9-10H,1,5-8,11H2,2-3H3,(H,22,26). The average Bonchev–Trinajstić information content (AvgIpc) is 3.51. The van der Waals surface area contributed by atoms with Gasteiger partial charge in [-0.3, -0.25) is 9.36 Å². The topological polar surface area (TPSA) is 86.1 Å². The summed E-state index contributed by atoms with van der Waals surface area (Å²) in [6.07, 6.45) is 4.59. The fraction of sp³-hybridized carbons (Fsp3) is 0.333. The first-order chi connectivity index (χ1) is 15.0.